The molecule has 0 aromatic carbocycles. The van der Waals surface area contributed by atoms with Crippen molar-refractivity contribution in [3.8, 4) is 0 Å². The first-order valence-corrected chi connectivity index (χ1v) is 7.37. The van der Waals surface area contributed by atoms with Crippen molar-refractivity contribution >= 4 is 10.8 Å². The summed E-state index contributed by atoms with van der Waals surface area (Å²) in [5, 5.41) is 2.86. The second kappa shape index (κ2) is 4.80. The molecule has 1 aliphatic rings. The maximum atomic E-state index is 12.3. The van der Waals surface area contributed by atoms with Gasteiger partial charge in [0.15, 0.2) is 0 Å². The molecule has 1 saturated carbocycles. The van der Waals surface area contributed by atoms with E-state index in [1.165, 1.54) is 19.3 Å². The first-order chi connectivity index (χ1) is 11.0. The minimum Gasteiger partial charge on any atom is -0.334 e. The fraction of sp³-hybridized carbons (Fsp3) is 0.333. The highest BCUT2D eigenvalue weighted by Crippen LogP contribution is 2.40. The molecule has 3 aromatic heterocycles. The number of hydrogen-bond donors (Lipinski definition) is 1. The number of fused-ring (bicyclic) bond motifs is 1. The lowest BCUT2D eigenvalue weighted by molar-refractivity contribution is 0.198. The number of nitrogens with one attached hydrogen (secondary N) is 1. The molecule has 118 valence electrons. The van der Waals surface area contributed by atoms with E-state index in [4.69, 9.17) is 0 Å². The number of aromatic amines is 1. The van der Waals surface area contributed by atoms with Crippen LogP contribution in [0.25, 0.3) is 10.8 Å². The third kappa shape index (κ3) is 2.06. The molecule has 0 amide bonds. The van der Waals surface area contributed by atoms with Gasteiger partial charge in [-0.3, -0.25) is 24.2 Å². The monoisotopic (exact) mass is 313 g/mol. The van der Waals surface area contributed by atoms with Gasteiger partial charge in [0.2, 0.25) is 0 Å². The normalized spacial score (nSPS) is 20.6. The molecular weight excluding hydrogens is 298 g/mol. The minimum absolute atomic E-state index is 0.0303. The second-order valence-electron chi connectivity index (χ2n) is 5.94. The average molecular weight is 313 g/mol. The number of H-pyrrole nitrogens is 1. The van der Waals surface area contributed by atoms with E-state index in [-0.39, 0.29) is 33.5 Å². The van der Waals surface area contributed by atoms with Gasteiger partial charge in [0.05, 0.1) is 17.1 Å². The van der Waals surface area contributed by atoms with Crippen molar-refractivity contribution < 1.29 is 0 Å². The SMILES string of the molecule is Cn1[nH]c(=O)c2cn(C3CC(n4ccnc4)C3)c(=O)cc2c1=O. The quantitative estimate of drug-likeness (QED) is 0.729. The van der Waals surface area contributed by atoms with E-state index in [1.807, 2.05) is 10.8 Å². The molecule has 8 nitrogen and oxygen atoms in total. The molecular formula is C15H15N5O3. The van der Waals surface area contributed by atoms with Crippen molar-refractivity contribution in [2.45, 2.75) is 24.9 Å². The predicted octanol–water partition coefficient (Wildman–Crippen LogP) is 0.161. The maximum Gasteiger partial charge on any atom is 0.273 e. The molecule has 4 rings (SSSR count). The Kier molecular flexibility index (Phi) is 2.87. The Morgan fingerprint density at radius 3 is 2.65 bits per heavy atom. The van der Waals surface area contributed by atoms with E-state index in [9.17, 15) is 14.4 Å². The Morgan fingerprint density at radius 2 is 1.96 bits per heavy atom. The van der Waals surface area contributed by atoms with E-state index in [1.54, 1.807) is 17.1 Å². The summed E-state index contributed by atoms with van der Waals surface area (Å²) in [5.74, 6) is 0. The Morgan fingerprint density at radius 1 is 1.17 bits per heavy atom. The third-order valence-corrected chi connectivity index (χ3v) is 4.56. The second-order valence-corrected chi connectivity index (χ2v) is 5.94. The van der Waals surface area contributed by atoms with Crippen LogP contribution in [0.15, 0.2) is 45.4 Å². The maximum absolute atomic E-state index is 12.3. The summed E-state index contributed by atoms with van der Waals surface area (Å²) in [7, 11) is 1.45. The number of aryl methyl sites for hydroxylation is 1. The van der Waals surface area contributed by atoms with Crippen molar-refractivity contribution in [1.29, 1.82) is 0 Å². The smallest absolute Gasteiger partial charge is 0.273 e. The van der Waals surface area contributed by atoms with Crippen molar-refractivity contribution in [2.24, 2.45) is 7.05 Å². The van der Waals surface area contributed by atoms with Crippen LogP contribution < -0.4 is 16.7 Å². The summed E-state index contributed by atoms with van der Waals surface area (Å²) < 4.78 is 4.67. The summed E-state index contributed by atoms with van der Waals surface area (Å²) in [6.45, 7) is 0. The van der Waals surface area contributed by atoms with Gasteiger partial charge in [-0.05, 0) is 12.8 Å². The number of nitrogens with zero attached hydrogens (tertiary/aromatic N) is 4. The van der Waals surface area contributed by atoms with E-state index >= 15 is 0 Å². The van der Waals surface area contributed by atoms with Crippen LogP contribution in [0.3, 0.4) is 0 Å². The van der Waals surface area contributed by atoms with Gasteiger partial charge >= 0.3 is 0 Å². The van der Waals surface area contributed by atoms with Crippen LogP contribution in [0.4, 0.5) is 0 Å². The van der Waals surface area contributed by atoms with Crippen molar-refractivity contribution in [3.63, 3.8) is 0 Å². The highest BCUT2D eigenvalue weighted by atomic mass is 16.2. The zero-order chi connectivity index (χ0) is 16.1. The van der Waals surface area contributed by atoms with Gasteiger partial charge in [-0.25, -0.2) is 4.98 Å². The third-order valence-electron chi connectivity index (χ3n) is 4.56. The predicted molar refractivity (Wildman–Crippen MR) is 83.6 cm³/mol. The first-order valence-electron chi connectivity index (χ1n) is 7.37. The van der Waals surface area contributed by atoms with Crippen molar-refractivity contribution in [3.05, 3.63) is 62.0 Å². The number of aromatic nitrogens is 5. The van der Waals surface area contributed by atoms with Gasteiger partial charge in [0, 0.05) is 43.8 Å². The van der Waals surface area contributed by atoms with Gasteiger partial charge in [-0.15, -0.1) is 0 Å². The standard InChI is InChI=1S/C15H15N5O3/c1-18-15(23)11-6-13(21)20(7-12(11)14(22)17-18)10-4-9(5-10)19-3-2-16-8-19/h2-3,6-10H,4-5H2,1H3,(H,17,22). The molecule has 3 aromatic rings. The van der Waals surface area contributed by atoms with E-state index < -0.39 is 0 Å². The molecule has 0 saturated heterocycles. The first kappa shape index (κ1) is 13.7. The number of imidazole rings is 1. The molecule has 0 bridgehead atoms. The van der Waals surface area contributed by atoms with Crippen molar-refractivity contribution in [2.75, 3.05) is 0 Å². The Labute approximate surface area is 129 Å². The molecule has 1 N–H and O–H groups in total. The van der Waals surface area contributed by atoms with Gasteiger partial charge in [0.25, 0.3) is 16.7 Å². The van der Waals surface area contributed by atoms with Gasteiger partial charge in [-0.1, -0.05) is 0 Å². The fourth-order valence-corrected chi connectivity index (χ4v) is 3.15. The van der Waals surface area contributed by atoms with Crippen LogP contribution in [-0.2, 0) is 7.05 Å². The lowest BCUT2D eigenvalue weighted by Crippen LogP contribution is -2.36. The zero-order valence-electron chi connectivity index (χ0n) is 12.5. The van der Waals surface area contributed by atoms with Crippen LogP contribution in [0.2, 0.25) is 0 Å². The summed E-state index contributed by atoms with van der Waals surface area (Å²) in [5.41, 5.74) is -1.01. The van der Waals surface area contributed by atoms with E-state index in [0.29, 0.717) is 6.04 Å². The van der Waals surface area contributed by atoms with Gasteiger partial charge < -0.3 is 9.13 Å². The van der Waals surface area contributed by atoms with Crippen LogP contribution >= 0.6 is 0 Å². The highest BCUT2D eigenvalue weighted by molar-refractivity contribution is 5.79. The van der Waals surface area contributed by atoms with E-state index in [2.05, 4.69) is 10.1 Å². The summed E-state index contributed by atoms with van der Waals surface area (Å²) >= 11 is 0. The lowest BCUT2D eigenvalue weighted by atomic mass is 9.86. The minimum atomic E-state index is -0.381. The average Bonchev–Trinajstić information content (AvgIpc) is 2.98. The molecule has 1 fully saturated rings. The summed E-state index contributed by atoms with van der Waals surface area (Å²) in [6.07, 6.45) is 8.49. The molecule has 0 atom stereocenters. The lowest BCUT2D eigenvalue weighted by Gasteiger charge is -2.37. The molecule has 0 spiro atoms. The van der Waals surface area contributed by atoms with Gasteiger partial charge in [-0.2, -0.15) is 0 Å². The number of pyridine rings is 1. The van der Waals surface area contributed by atoms with Crippen LogP contribution in [0.5, 0.6) is 0 Å². The molecule has 1 aliphatic carbocycles. The molecule has 8 heteroatoms. The summed E-state index contributed by atoms with van der Waals surface area (Å²) in [4.78, 5) is 40.4. The molecule has 0 aliphatic heterocycles. The Hall–Kier alpha value is -2.90. The van der Waals surface area contributed by atoms with Crippen molar-refractivity contribution in [1.82, 2.24) is 23.9 Å². The van der Waals surface area contributed by atoms with E-state index in [0.717, 1.165) is 17.5 Å². The summed E-state index contributed by atoms with van der Waals surface area (Å²) in [6, 6.07) is 1.60. The largest absolute Gasteiger partial charge is 0.334 e. The molecule has 0 unspecified atom stereocenters. The zero-order valence-corrected chi connectivity index (χ0v) is 12.5. The van der Waals surface area contributed by atoms with Crippen LogP contribution in [0.1, 0.15) is 24.9 Å². The molecule has 3 heterocycles. The fourth-order valence-electron chi connectivity index (χ4n) is 3.15. The highest BCUT2D eigenvalue weighted by Gasteiger charge is 2.32. The van der Waals surface area contributed by atoms with Crippen LogP contribution in [0, 0.1) is 0 Å². The topological polar surface area (TPSA) is 94.7 Å². The number of hydrogen-bond acceptors (Lipinski definition) is 4. The Balaban J connectivity index is 1.75. The van der Waals surface area contributed by atoms with Crippen LogP contribution in [-0.4, -0.2) is 23.9 Å². The molecule has 23 heavy (non-hydrogen) atoms. The Bertz CT molecular complexity index is 1050. The van der Waals surface area contributed by atoms with Gasteiger partial charge in [0.1, 0.15) is 0 Å². The number of rotatable bonds is 2. The molecule has 0 radical (unpaired) electrons.